The predicted molar refractivity (Wildman–Crippen MR) is 318 cm³/mol. The van der Waals surface area contributed by atoms with Crippen molar-refractivity contribution >= 4 is 79.4 Å². The number of hydrogen-bond acceptors (Lipinski definition) is 12. The Morgan fingerprint density at radius 1 is 0.341 bits per heavy atom. The van der Waals surface area contributed by atoms with E-state index in [-0.39, 0.29) is 52.1 Å². The number of carbonyl (C=O) groups is 6. The first-order chi connectivity index (χ1) is 41.6. The summed E-state index contributed by atoms with van der Waals surface area (Å²) in [4.78, 5) is 106. The number of hydrogen-bond donors (Lipinski definition) is 4. The molecule has 0 aliphatic heterocycles. The van der Waals surface area contributed by atoms with Gasteiger partial charge in [-0.3, -0.25) is 9.59 Å². The van der Waals surface area contributed by atoms with Crippen LogP contribution in [0.3, 0.4) is 0 Å². The van der Waals surface area contributed by atoms with Gasteiger partial charge in [0.1, 0.15) is 13.2 Å². The lowest BCUT2D eigenvalue weighted by Gasteiger charge is -2.32. The minimum absolute atomic E-state index is 0.0274. The molecule has 2 atom stereocenters. The SMILES string of the molecule is O=C(OC(Cc1c[nH]c2ccccc12)(C(=O)OCCc1ccccc1)C(=O)OCc1c[nH]c2ccccc12)C(CCc1ccccc1)C(=O)OC(Cc1c[nH]c2ccccc12)(C(=O)OCCc1ccccc1)C(=O)OCc1c[nH]c2ccccc12. The van der Waals surface area contributed by atoms with Gasteiger partial charge in [0.15, 0.2) is 5.92 Å². The Bertz CT molecular complexity index is 3900. The average molecular weight is 1140 g/mol. The normalized spacial score (nSPS) is 13.1. The molecule has 0 saturated heterocycles. The zero-order valence-corrected chi connectivity index (χ0v) is 46.3. The second-order valence-corrected chi connectivity index (χ2v) is 20.8. The van der Waals surface area contributed by atoms with E-state index < -0.39 is 65.8 Å². The molecule has 11 rings (SSSR count). The summed E-state index contributed by atoms with van der Waals surface area (Å²) in [5.41, 5.74) is 1.07. The number of carbonyl (C=O) groups excluding carboxylic acids is 6. The number of H-pyrrole nitrogens is 4. The third-order valence-electron chi connectivity index (χ3n) is 15.2. The molecule has 0 saturated carbocycles. The van der Waals surface area contributed by atoms with E-state index in [1.165, 1.54) is 0 Å². The molecule has 0 radical (unpaired) electrons. The van der Waals surface area contributed by atoms with Crippen LogP contribution in [0.5, 0.6) is 0 Å². The molecule has 2 unspecified atom stereocenters. The highest BCUT2D eigenvalue weighted by Crippen LogP contribution is 2.34. The second kappa shape index (κ2) is 25.8. The zero-order valence-electron chi connectivity index (χ0n) is 46.3. The maximum absolute atomic E-state index is 15.8. The van der Waals surface area contributed by atoms with Gasteiger partial charge < -0.3 is 48.4 Å². The van der Waals surface area contributed by atoms with Gasteiger partial charge >= 0.3 is 47.0 Å². The Morgan fingerprint density at radius 3 is 1.00 bits per heavy atom. The van der Waals surface area contributed by atoms with Gasteiger partial charge in [-0.25, -0.2) is 19.2 Å². The molecule has 0 bridgehead atoms. The van der Waals surface area contributed by atoms with Gasteiger partial charge in [0.2, 0.25) is 0 Å². The number of fused-ring (bicyclic) bond motifs is 4. The van der Waals surface area contributed by atoms with Crippen LogP contribution in [0.4, 0.5) is 0 Å². The predicted octanol–water partition coefficient (Wildman–Crippen LogP) is 11.3. The van der Waals surface area contributed by atoms with E-state index in [2.05, 4.69) is 19.9 Å². The number of aromatic nitrogens is 4. The number of rotatable bonds is 25. The van der Waals surface area contributed by atoms with Crippen LogP contribution in [0, 0.1) is 5.92 Å². The fourth-order valence-corrected chi connectivity index (χ4v) is 10.6. The zero-order chi connectivity index (χ0) is 58.6. The molecule has 0 spiro atoms. The van der Waals surface area contributed by atoms with Crippen LogP contribution >= 0.6 is 0 Å². The van der Waals surface area contributed by atoms with Crippen LogP contribution < -0.4 is 0 Å². The fourth-order valence-electron chi connectivity index (χ4n) is 10.6. The van der Waals surface area contributed by atoms with Gasteiger partial charge in [-0.05, 0) is 64.9 Å². The maximum atomic E-state index is 15.8. The number of nitrogens with one attached hydrogen (secondary N) is 4. The summed E-state index contributed by atoms with van der Waals surface area (Å²) >= 11 is 0. The molecule has 7 aromatic carbocycles. The highest BCUT2D eigenvalue weighted by atomic mass is 16.7. The molecule has 16 heteroatoms. The van der Waals surface area contributed by atoms with Crippen LogP contribution in [0.1, 0.15) is 45.4 Å². The van der Waals surface area contributed by atoms with Gasteiger partial charge in [-0.15, -0.1) is 0 Å². The van der Waals surface area contributed by atoms with E-state index >= 15 is 28.8 Å². The molecule has 4 aromatic heterocycles. The number of ether oxygens (including phenoxy) is 6. The summed E-state index contributed by atoms with van der Waals surface area (Å²) in [5.74, 6) is -10.1. The molecule has 11 aromatic rings. The highest BCUT2D eigenvalue weighted by molar-refractivity contribution is 6.10. The third kappa shape index (κ3) is 12.6. The Kier molecular flexibility index (Phi) is 17.1. The Balaban J connectivity index is 1.00. The second-order valence-electron chi connectivity index (χ2n) is 20.8. The number of benzene rings is 7. The Hall–Kier alpha value is -10.5. The van der Waals surface area contributed by atoms with Gasteiger partial charge in [0.25, 0.3) is 0 Å². The monoisotopic (exact) mass is 1140 g/mol. The molecule has 428 valence electrons. The Labute approximate surface area is 488 Å². The first-order valence-corrected chi connectivity index (χ1v) is 28.0. The van der Waals surface area contributed by atoms with Crippen molar-refractivity contribution in [3.63, 3.8) is 0 Å². The summed E-state index contributed by atoms with van der Waals surface area (Å²) in [5, 5.41) is 2.64. The molecule has 4 heterocycles. The van der Waals surface area contributed by atoms with E-state index in [4.69, 9.17) is 28.4 Å². The van der Waals surface area contributed by atoms with Crippen molar-refractivity contribution in [1.29, 1.82) is 0 Å². The lowest BCUT2D eigenvalue weighted by atomic mass is 9.91. The lowest BCUT2D eigenvalue weighted by Crippen LogP contribution is -2.57. The standard InChI is InChI=1S/C69H60N4O12/c74-62(84-68(38-49-40-70-58-28-14-10-24-53(49)58,64(76)80-36-34-47-20-6-2-7-21-47)66(78)82-44-51-42-72-60-30-16-12-26-55(51)60)57(33-32-46-18-4-1-5-19-46)63(75)85-69(39-50-41-71-59-29-15-11-25-54(50)59,65(77)81-37-35-48-22-8-3-9-23-48)67(79)83-45-52-43-73-61-31-17-13-27-56(52)61/h1-31,40-43,57,70-73H,32-39,44-45H2. The third-order valence-corrected chi connectivity index (χ3v) is 15.2. The Morgan fingerprint density at radius 2 is 0.635 bits per heavy atom. The molecule has 0 fully saturated rings. The number of para-hydroxylation sites is 4. The minimum Gasteiger partial charge on any atom is -0.462 e. The van der Waals surface area contributed by atoms with Crippen LogP contribution in [-0.2, 0) is 103 Å². The molecular weight excluding hydrogens is 1080 g/mol. The largest absolute Gasteiger partial charge is 0.462 e. The molecule has 0 aliphatic carbocycles. The molecule has 0 aliphatic rings. The van der Waals surface area contributed by atoms with Crippen molar-refractivity contribution in [2.24, 2.45) is 5.92 Å². The first kappa shape index (κ1) is 56.4. The van der Waals surface area contributed by atoms with Crippen LogP contribution in [-0.4, -0.2) is 80.2 Å². The molecule has 0 amide bonds. The van der Waals surface area contributed by atoms with Crippen molar-refractivity contribution in [1.82, 2.24) is 19.9 Å². The van der Waals surface area contributed by atoms with E-state index in [9.17, 15) is 0 Å². The van der Waals surface area contributed by atoms with Crippen LogP contribution in [0.25, 0.3) is 43.6 Å². The van der Waals surface area contributed by atoms with Gasteiger partial charge in [0.05, 0.1) is 13.2 Å². The number of esters is 6. The van der Waals surface area contributed by atoms with Gasteiger partial charge in [0, 0.05) is 105 Å². The van der Waals surface area contributed by atoms with Crippen molar-refractivity contribution in [3.8, 4) is 0 Å². The number of aromatic amines is 4. The lowest BCUT2D eigenvalue weighted by molar-refractivity contribution is -0.206. The molecule has 4 N–H and O–H groups in total. The highest BCUT2D eigenvalue weighted by Gasteiger charge is 2.58. The van der Waals surface area contributed by atoms with Crippen molar-refractivity contribution in [2.75, 3.05) is 13.2 Å². The fraction of sp³-hybridized carbons (Fsp3) is 0.188. The summed E-state index contributed by atoms with van der Waals surface area (Å²) < 4.78 is 37.0. The van der Waals surface area contributed by atoms with Gasteiger partial charge in [-0.2, -0.15) is 0 Å². The maximum Gasteiger partial charge on any atom is 0.363 e. The van der Waals surface area contributed by atoms with Gasteiger partial charge in [-0.1, -0.05) is 164 Å². The molecular formula is C69H60N4O12. The average Bonchev–Trinajstić information content (AvgIpc) is 4.57. The van der Waals surface area contributed by atoms with E-state index in [0.29, 0.717) is 49.6 Å². The van der Waals surface area contributed by atoms with Crippen molar-refractivity contribution in [3.05, 3.63) is 252 Å². The van der Waals surface area contributed by atoms with Crippen LogP contribution in [0.15, 0.2) is 213 Å². The molecule has 85 heavy (non-hydrogen) atoms. The number of aryl methyl sites for hydroxylation is 1. The summed E-state index contributed by atoms with van der Waals surface area (Å²) in [6, 6.07) is 56.4. The van der Waals surface area contributed by atoms with Crippen LogP contribution in [0.2, 0.25) is 0 Å². The topological polar surface area (TPSA) is 221 Å². The summed E-state index contributed by atoms with van der Waals surface area (Å²) in [7, 11) is 0. The summed E-state index contributed by atoms with van der Waals surface area (Å²) in [6.07, 6.45) is 5.34. The van der Waals surface area contributed by atoms with Crippen molar-refractivity contribution < 1.29 is 57.2 Å². The minimum atomic E-state index is -2.94. The quantitative estimate of drug-likeness (QED) is 0.0238. The van der Waals surface area contributed by atoms with E-state index in [1.54, 1.807) is 91.5 Å². The van der Waals surface area contributed by atoms with E-state index in [1.807, 2.05) is 121 Å². The molecule has 16 nitrogen and oxygen atoms in total. The smallest absolute Gasteiger partial charge is 0.363 e. The first-order valence-electron chi connectivity index (χ1n) is 28.0. The van der Waals surface area contributed by atoms with Crippen molar-refractivity contribution in [2.45, 2.75) is 62.9 Å². The summed E-state index contributed by atoms with van der Waals surface area (Å²) in [6.45, 7) is -1.27. The van der Waals surface area contributed by atoms with E-state index in [0.717, 1.165) is 32.9 Å².